The summed E-state index contributed by atoms with van der Waals surface area (Å²) in [6.45, 7) is 0.821. The van der Waals surface area contributed by atoms with Crippen LogP contribution < -0.4 is 24.4 Å². The van der Waals surface area contributed by atoms with Gasteiger partial charge < -0.3 is 18.9 Å². The van der Waals surface area contributed by atoms with E-state index in [-0.39, 0.29) is 5.91 Å². The quantitative estimate of drug-likeness (QED) is 0.122. The Morgan fingerprint density at radius 2 is 1.42 bits per heavy atom. The number of carbonyl (C=O) groups is 1. The molecule has 1 amide bonds. The summed E-state index contributed by atoms with van der Waals surface area (Å²) in [7, 11) is 3.12. The number of benzene rings is 4. The van der Waals surface area contributed by atoms with Crippen LogP contribution in [-0.4, -0.2) is 26.3 Å². The molecule has 8 heteroatoms. The number of carbonyl (C=O) groups excluding carboxylic acids is 1. The van der Waals surface area contributed by atoms with E-state index in [4.69, 9.17) is 18.9 Å². The molecule has 0 aliphatic rings. The molecular formula is C30H27IN2O5. The summed E-state index contributed by atoms with van der Waals surface area (Å²) in [4.78, 5) is 12.7. The van der Waals surface area contributed by atoms with E-state index in [1.165, 1.54) is 7.11 Å². The van der Waals surface area contributed by atoms with Gasteiger partial charge in [-0.1, -0.05) is 60.7 Å². The molecule has 4 aromatic rings. The molecule has 194 valence electrons. The SMILES string of the molecule is COc1cc(C(=O)N/N=C/c2cc(I)c(OCc3ccccc3)c(OC)c2)ccc1OCc1ccccc1. The first kappa shape index (κ1) is 27.0. The van der Waals surface area contributed by atoms with E-state index in [9.17, 15) is 4.79 Å². The highest BCUT2D eigenvalue weighted by atomic mass is 127. The maximum Gasteiger partial charge on any atom is 0.271 e. The Balaban J connectivity index is 1.38. The number of methoxy groups -OCH3 is 2. The minimum absolute atomic E-state index is 0.376. The standard InChI is InChI=1S/C30H27IN2O5/c1-35-27-17-24(13-14-26(27)37-19-21-9-5-3-6-10-21)30(34)33-32-18-23-15-25(31)29(28(16-23)36-2)38-20-22-11-7-4-8-12-22/h3-18H,19-20H2,1-2H3,(H,33,34)/b32-18+. The Morgan fingerprint density at radius 1 is 0.789 bits per heavy atom. The zero-order valence-corrected chi connectivity index (χ0v) is 23.2. The van der Waals surface area contributed by atoms with Crippen LogP contribution in [-0.2, 0) is 13.2 Å². The fourth-order valence-corrected chi connectivity index (χ4v) is 4.36. The molecule has 0 aliphatic carbocycles. The van der Waals surface area contributed by atoms with Gasteiger partial charge >= 0.3 is 0 Å². The van der Waals surface area contributed by atoms with E-state index >= 15 is 0 Å². The summed E-state index contributed by atoms with van der Waals surface area (Å²) in [5.41, 5.74) is 5.79. The van der Waals surface area contributed by atoms with Gasteiger partial charge in [0, 0.05) is 5.56 Å². The highest BCUT2D eigenvalue weighted by Crippen LogP contribution is 2.34. The van der Waals surface area contributed by atoms with Crippen molar-refractivity contribution in [1.29, 1.82) is 0 Å². The summed E-state index contributed by atoms with van der Waals surface area (Å²) in [6.07, 6.45) is 1.55. The molecule has 0 saturated heterocycles. The van der Waals surface area contributed by atoms with E-state index in [2.05, 4.69) is 33.1 Å². The third kappa shape index (κ3) is 7.25. The molecule has 0 fully saturated rings. The van der Waals surface area contributed by atoms with Crippen LogP contribution in [0.2, 0.25) is 0 Å². The molecule has 38 heavy (non-hydrogen) atoms. The predicted octanol–water partition coefficient (Wildman–Crippen LogP) is 6.23. The van der Waals surface area contributed by atoms with Crippen molar-refractivity contribution in [2.75, 3.05) is 14.2 Å². The van der Waals surface area contributed by atoms with E-state index < -0.39 is 0 Å². The van der Waals surface area contributed by atoms with E-state index in [0.717, 1.165) is 20.3 Å². The first-order valence-electron chi connectivity index (χ1n) is 11.8. The minimum atomic E-state index is -0.376. The van der Waals surface area contributed by atoms with Crippen LogP contribution >= 0.6 is 22.6 Å². The lowest BCUT2D eigenvalue weighted by Crippen LogP contribution is -2.17. The molecule has 1 N–H and O–H groups in total. The molecular weight excluding hydrogens is 595 g/mol. The van der Waals surface area contributed by atoms with Gasteiger partial charge in [-0.2, -0.15) is 5.10 Å². The van der Waals surface area contributed by atoms with Crippen molar-refractivity contribution in [3.8, 4) is 23.0 Å². The van der Waals surface area contributed by atoms with Crippen molar-refractivity contribution in [2.45, 2.75) is 13.2 Å². The fraction of sp³-hybridized carbons (Fsp3) is 0.133. The van der Waals surface area contributed by atoms with Gasteiger partial charge in [-0.15, -0.1) is 0 Å². The average molecular weight is 622 g/mol. The molecule has 0 aliphatic heterocycles. The van der Waals surface area contributed by atoms with Crippen LogP contribution in [0.3, 0.4) is 0 Å². The molecule has 0 heterocycles. The average Bonchev–Trinajstić information content (AvgIpc) is 2.96. The number of hydrogen-bond acceptors (Lipinski definition) is 6. The van der Waals surface area contributed by atoms with Crippen LogP contribution in [0.5, 0.6) is 23.0 Å². The second-order valence-electron chi connectivity index (χ2n) is 8.15. The highest BCUT2D eigenvalue weighted by molar-refractivity contribution is 14.1. The Hall–Kier alpha value is -4.05. The van der Waals surface area contributed by atoms with Gasteiger partial charge in [-0.05, 0) is 69.6 Å². The van der Waals surface area contributed by atoms with Crippen LogP contribution in [0.4, 0.5) is 0 Å². The van der Waals surface area contributed by atoms with E-state index in [1.54, 1.807) is 37.6 Å². The van der Waals surface area contributed by atoms with Gasteiger partial charge in [0.05, 0.1) is 24.0 Å². The summed E-state index contributed by atoms with van der Waals surface area (Å²) in [6, 6.07) is 28.4. The lowest BCUT2D eigenvalue weighted by atomic mass is 10.2. The number of nitrogens with zero attached hydrogens (tertiary/aromatic N) is 1. The molecule has 0 aromatic heterocycles. The maximum absolute atomic E-state index is 12.7. The van der Waals surface area contributed by atoms with Crippen LogP contribution in [0, 0.1) is 3.57 Å². The number of ether oxygens (including phenoxy) is 4. The molecule has 0 saturated carbocycles. The van der Waals surface area contributed by atoms with E-state index in [1.807, 2.05) is 66.7 Å². The summed E-state index contributed by atoms with van der Waals surface area (Å²) < 4.78 is 23.7. The fourth-order valence-electron chi connectivity index (χ4n) is 3.58. The highest BCUT2D eigenvalue weighted by Gasteiger charge is 2.13. The summed E-state index contributed by atoms with van der Waals surface area (Å²) >= 11 is 2.19. The minimum Gasteiger partial charge on any atom is -0.493 e. The zero-order valence-electron chi connectivity index (χ0n) is 21.0. The van der Waals surface area contributed by atoms with E-state index in [0.29, 0.717) is 41.8 Å². The number of hydrogen-bond donors (Lipinski definition) is 1. The third-order valence-corrected chi connectivity index (χ3v) is 6.32. The smallest absolute Gasteiger partial charge is 0.271 e. The number of halogens is 1. The van der Waals surface area contributed by atoms with Gasteiger partial charge in [0.25, 0.3) is 5.91 Å². The van der Waals surface area contributed by atoms with Crippen LogP contribution in [0.1, 0.15) is 27.0 Å². The molecule has 0 spiro atoms. The second kappa shape index (κ2) is 13.5. The number of rotatable bonds is 11. The number of nitrogens with one attached hydrogen (secondary N) is 1. The first-order valence-corrected chi connectivity index (χ1v) is 12.9. The van der Waals surface area contributed by atoms with Crippen molar-refractivity contribution >= 4 is 34.7 Å². The maximum atomic E-state index is 12.7. The van der Waals surface area contributed by atoms with Crippen LogP contribution in [0.15, 0.2) is 96.1 Å². The topological polar surface area (TPSA) is 78.4 Å². The van der Waals surface area contributed by atoms with Gasteiger partial charge in [-0.25, -0.2) is 5.43 Å². The lowest BCUT2D eigenvalue weighted by Gasteiger charge is -2.13. The molecule has 0 bridgehead atoms. The largest absolute Gasteiger partial charge is 0.493 e. The Morgan fingerprint density at radius 3 is 2.05 bits per heavy atom. The van der Waals surface area contributed by atoms with Gasteiger partial charge in [-0.3, -0.25) is 4.79 Å². The molecule has 0 unspecified atom stereocenters. The molecule has 4 rings (SSSR count). The molecule has 4 aromatic carbocycles. The second-order valence-corrected chi connectivity index (χ2v) is 9.31. The van der Waals surface area contributed by atoms with Crippen molar-refractivity contribution < 1.29 is 23.7 Å². The monoisotopic (exact) mass is 622 g/mol. The van der Waals surface area contributed by atoms with Gasteiger partial charge in [0.2, 0.25) is 0 Å². The molecule has 7 nitrogen and oxygen atoms in total. The molecule has 0 atom stereocenters. The predicted molar refractivity (Wildman–Crippen MR) is 155 cm³/mol. The molecule has 0 radical (unpaired) electrons. The van der Waals surface area contributed by atoms with Crippen molar-refractivity contribution in [2.24, 2.45) is 5.10 Å². The summed E-state index contributed by atoms with van der Waals surface area (Å²) in [5.74, 6) is 1.87. The Kier molecular flexibility index (Phi) is 9.58. The lowest BCUT2D eigenvalue weighted by molar-refractivity contribution is 0.0954. The van der Waals surface area contributed by atoms with Crippen molar-refractivity contribution in [1.82, 2.24) is 5.43 Å². The van der Waals surface area contributed by atoms with Crippen LogP contribution in [0.25, 0.3) is 0 Å². The number of amides is 1. The number of hydrazone groups is 1. The van der Waals surface area contributed by atoms with Gasteiger partial charge in [0.15, 0.2) is 23.0 Å². The Labute approximate surface area is 235 Å². The summed E-state index contributed by atoms with van der Waals surface area (Å²) in [5, 5.41) is 4.12. The Bertz CT molecular complexity index is 1390. The normalized spacial score (nSPS) is 10.7. The van der Waals surface area contributed by atoms with Gasteiger partial charge in [0.1, 0.15) is 13.2 Å². The van der Waals surface area contributed by atoms with Crippen molar-refractivity contribution in [3.63, 3.8) is 0 Å². The third-order valence-electron chi connectivity index (χ3n) is 5.52. The zero-order chi connectivity index (χ0) is 26.7. The van der Waals surface area contributed by atoms with Crippen molar-refractivity contribution in [3.05, 3.63) is 117 Å². The first-order chi connectivity index (χ1) is 18.6.